The van der Waals surface area contributed by atoms with Gasteiger partial charge in [-0.2, -0.15) is 5.26 Å². The normalized spacial score (nSPS) is 17.0. The van der Waals surface area contributed by atoms with E-state index >= 15 is 0 Å². The van der Waals surface area contributed by atoms with Gasteiger partial charge in [-0.05, 0) is 41.6 Å². The van der Waals surface area contributed by atoms with Crippen LogP contribution in [0.1, 0.15) is 16.7 Å². The minimum atomic E-state index is -0.506. The predicted octanol–water partition coefficient (Wildman–Crippen LogP) is 3.04. The number of nitriles is 1. The third-order valence-corrected chi connectivity index (χ3v) is 6.44. The molecule has 0 N–H and O–H groups in total. The molecule has 35 heavy (non-hydrogen) atoms. The average Bonchev–Trinajstić information content (AvgIpc) is 3.15. The van der Waals surface area contributed by atoms with Crippen LogP contribution in [-0.2, 0) is 20.9 Å². The fraction of sp³-hybridized carbons (Fsp3) is 0.280. The van der Waals surface area contributed by atoms with Gasteiger partial charge in [0.15, 0.2) is 11.5 Å². The van der Waals surface area contributed by atoms with E-state index in [4.69, 9.17) is 14.2 Å². The molecule has 0 aromatic heterocycles. The number of imide groups is 1. The first-order chi connectivity index (χ1) is 17.0. The lowest BCUT2D eigenvalue weighted by atomic mass is 10.1. The summed E-state index contributed by atoms with van der Waals surface area (Å²) in [6.45, 7) is 1.68. The molecular weight excluding hydrogens is 470 g/mol. The Balaban J connectivity index is 1.45. The molecule has 10 heteroatoms. The van der Waals surface area contributed by atoms with Crippen molar-refractivity contribution in [2.75, 3.05) is 40.0 Å². The van der Waals surface area contributed by atoms with E-state index in [9.17, 15) is 19.6 Å². The van der Waals surface area contributed by atoms with Gasteiger partial charge in [0.1, 0.15) is 13.2 Å². The van der Waals surface area contributed by atoms with Crippen LogP contribution >= 0.6 is 11.8 Å². The van der Waals surface area contributed by atoms with E-state index in [1.54, 1.807) is 41.3 Å². The Bertz CT molecular complexity index is 1220. The Labute approximate surface area is 206 Å². The Kier molecular flexibility index (Phi) is 7.70. The minimum absolute atomic E-state index is 0.190. The molecule has 2 heterocycles. The number of hydrogen-bond donors (Lipinski definition) is 0. The van der Waals surface area contributed by atoms with Crippen molar-refractivity contribution in [3.63, 3.8) is 0 Å². The minimum Gasteiger partial charge on any atom is -0.493 e. The SMILES string of the molecule is COc1cc(/C=C2/SC(=O)N(CC(=O)N3CCOCC3)C2=O)ccc1OCc1ccccc1C#N. The second kappa shape index (κ2) is 11.1. The Morgan fingerprint density at radius 1 is 1.17 bits per heavy atom. The maximum atomic E-state index is 12.8. The highest BCUT2D eigenvalue weighted by atomic mass is 32.2. The Hall–Kier alpha value is -3.81. The Morgan fingerprint density at radius 2 is 1.94 bits per heavy atom. The molecule has 4 rings (SSSR count). The number of nitrogens with zero attached hydrogens (tertiary/aromatic N) is 3. The zero-order valence-corrected chi connectivity index (χ0v) is 19.9. The van der Waals surface area contributed by atoms with Crippen LogP contribution in [0.15, 0.2) is 47.4 Å². The van der Waals surface area contributed by atoms with E-state index in [0.717, 1.165) is 22.2 Å². The second-order valence-corrected chi connectivity index (χ2v) is 8.72. The van der Waals surface area contributed by atoms with E-state index in [2.05, 4.69) is 6.07 Å². The van der Waals surface area contributed by atoms with Crippen LogP contribution in [0.4, 0.5) is 4.79 Å². The number of carbonyl (C=O) groups is 3. The number of amides is 3. The average molecular weight is 494 g/mol. The molecule has 0 aliphatic carbocycles. The molecule has 0 bridgehead atoms. The number of benzene rings is 2. The van der Waals surface area contributed by atoms with Crippen LogP contribution in [0.5, 0.6) is 11.5 Å². The second-order valence-electron chi connectivity index (χ2n) is 7.73. The molecular formula is C25H23N3O6S. The number of hydrogen-bond acceptors (Lipinski definition) is 8. The highest BCUT2D eigenvalue weighted by molar-refractivity contribution is 8.18. The Morgan fingerprint density at radius 3 is 2.69 bits per heavy atom. The number of morpholine rings is 1. The molecule has 0 unspecified atom stereocenters. The third-order valence-electron chi connectivity index (χ3n) is 5.54. The molecule has 0 radical (unpaired) electrons. The molecule has 0 atom stereocenters. The number of carbonyl (C=O) groups excluding carboxylic acids is 3. The fourth-order valence-corrected chi connectivity index (χ4v) is 4.48. The maximum Gasteiger partial charge on any atom is 0.294 e. The number of methoxy groups -OCH3 is 1. The summed E-state index contributed by atoms with van der Waals surface area (Å²) in [6, 6.07) is 14.4. The molecule has 0 spiro atoms. The van der Waals surface area contributed by atoms with Crippen LogP contribution in [0.2, 0.25) is 0 Å². The van der Waals surface area contributed by atoms with Gasteiger partial charge in [-0.15, -0.1) is 0 Å². The van der Waals surface area contributed by atoms with Crippen LogP contribution < -0.4 is 9.47 Å². The van der Waals surface area contributed by atoms with Crippen molar-refractivity contribution in [1.82, 2.24) is 9.80 Å². The van der Waals surface area contributed by atoms with Crippen LogP contribution in [0.3, 0.4) is 0 Å². The van der Waals surface area contributed by atoms with Gasteiger partial charge < -0.3 is 19.1 Å². The van der Waals surface area contributed by atoms with Gasteiger partial charge in [-0.1, -0.05) is 24.3 Å². The molecule has 180 valence electrons. The molecule has 2 aromatic carbocycles. The van der Waals surface area contributed by atoms with Gasteiger partial charge in [0.25, 0.3) is 11.1 Å². The van der Waals surface area contributed by atoms with Crippen molar-refractivity contribution in [2.24, 2.45) is 0 Å². The highest BCUT2D eigenvalue weighted by Gasteiger charge is 2.37. The number of ether oxygens (including phenoxy) is 3. The maximum absolute atomic E-state index is 12.8. The predicted molar refractivity (Wildman–Crippen MR) is 129 cm³/mol. The smallest absolute Gasteiger partial charge is 0.294 e. The quantitative estimate of drug-likeness (QED) is 0.542. The van der Waals surface area contributed by atoms with Gasteiger partial charge in [-0.25, -0.2) is 0 Å². The summed E-state index contributed by atoms with van der Waals surface area (Å²) >= 11 is 0.795. The molecule has 2 saturated heterocycles. The van der Waals surface area contributed by atoms with Crippen molar-refractivity contribution in [1.29, 1.82) is 5.26 Å². The van der Waals surface area contributed by atoms with Crippen molar-refractivity contribution in [3.8, 4) is 17.6 Å². The van der Waals surface area contributed by atoms with E-state index < -0.39 is 11.1 Å². The topological polar surface area (TPSA) is 109 Å². The first-order valence-electron chi connectivity index (χ1n) is 10.9. The largest absolute Gasteiger partial charge is 0.493 e. The lowest BCUT2D eigenvalue weighted by molar-refractivity contribution is -0.139. The summed E-state index contributed by atoms with van der Waals surface area (Å²) in [7, 11) is 1.50. The van der Waals surface area contributed by atoms with E-state index in [-0.39, 0.29) is 24.0 Å². The van der Waals surface area contributed by atoms with E-state index in [0.29, 0.717) is 48.9 Å². The number of rotatable bonds is 7. The summed E-state index contributed by atoms with van der Waals surface area (Å²) in [5.74, 6) is 0.128. The fourth-order valence-electron chi connectivity index (χ4n) is 3.64. The summed E-state index contributed by atoms with van der Waals surface area (Å²) in [4.78, 5) is 40.5. The molecule has 2 aliphatic rings. The van der Waals surface area contributed by atoms with Crippen LogP contribution in [0, 0.1) is 11.3 Å². The summed E-state index contributed by atoms with van der Waals surface area (Å²) in [6.07, 6.45) is 1.58. The zero-order valence-electron chi connectivity index (χ0n) is 19.1. The first kappa shape index (κ1) is 24.3. The molecule has 0 saturated carbocycles. The summed E-state index contributed by atoms with van der Waals surface area (Å²) in [5.41, 5.74) is 1.92. The zero-order chi connectivity index (χ0) is 24.8. The van der Waals surface area contributed by atoms with E-state index in [1.165, 1.54) is 7.11 Å². The molecule has 2 aromatic rings. The van der Waals surface area contributed by atoms with Gasteiger partial charge in [0.05, 0.1) is 36.9 Å². The first-order valence-corrected chi connectivity index (χ1v) is 11.7. The van der Waals surface area contributed by atoms with Gasteiger partial charge in [-0.3, -0.25) is 19.3 Å². The standard InChI is InChI=1S/C25H23N3O6S/c1-32-21-12-17(6-7-20(21)34-16-19-5-3-2-4-18(19)14-26)13-22-24(30)28(25(31)35-22)15-23(29)27-8-10-33-11-9-27/h2-7,12-13H,8-11,15-16H2,1H3/b22-13+. The van der Waals surface area contributed by atoms with Crippen LogP contribution in [0.25, 0.3) is 6.08 Å². The summed E-state index contributed by atoms with van der Waals surface area (Å²) in [5, 5.41) is 8.76. The van der Waals surface area contributed by atoms with Crippen LogP contribution in [-0.4, -0.2) is 66.8 Å². The lowest BCUT2D eigenvalue weighted by Gasteiger charge is -2.28. The third kappa shape index (κ3) is 5.65. The lowest BCUT2D eigenvalue weighted by Crippen LogP contribution is -2.46. The molecule has 9 nitrogen and oxygen atoms in total. The monoisotopic (exact) mass is 493 g/mol. The van der Waals surface area contributed by atoms with Crippen molar-refractivity contribution >= 4 is 34.9 Å². The van der Waals surface area contributed by atoms with E-state index in [1.807, 2.05) is 12.1 Å². The molecule has 3 amide bonds. The van der Waals surface area contributed by atoms with Gasteiger partial charge >= 0.3 is 0 Å². The molecule has 2 aliphatic heterocycles. The van der Waals surface area contributed by atoms with Crippen molar-refractivity contribution < 1.29 is 28.6 Å². The summed E-state index contributed by atoms with van der Waals surface area (Å²) < 4.78 is 16.5. The van der Waals surface area contributed by atoms with Gasteiger partial charge in [0, 0.05) is 18.7 Å². The van der Waals surface area contributed by atoms with Crippen molar-refractivity contribution in [3.05, 3.63) is 64.1 Å². The molecule has 2 fully saturated rings. The number of thioether (sulfide) groups is 1. The highest BCUT2D eigenvalue weighted by Crippen LogP contribution is 2.35. The van der Waals surface area contributed by atoms with Crippen molar-refractivity contribution in [2.45, 2.75) is 6.61 Å². The van der Waals surface area contributed by atoms with Gasteiger partial charge in [0.2, 0.25) is 5.91 Å².